The van der Waals surface area contributed by atoms with Gasteiger partial charge in [0.05, 0.1) is 30.1 Å². The number of piperidine rings is 1. The molecule has 1 atom stereocenters. The Labute approximate surface area is 191 Å². The highest BCUT2D eigenvalue weighted by atomic mass is 19.1. The summed E-state index contributed by atoms with van der Waals surface area (Å²) in [7, 11) is 1.54. The molecule has 1 fully saturated rings. The number of likely N-dealkylation sites (tertiary alicyclic amines) is 1. The summed E-state index contributed by atoms with van der Waals surface area (Å²) < 4.78 is 18.6. The van der Waals surface area contributed by atoms with E-state index >= 15 is 0 Å². The molecule has 1 aliphatic heterocycles. The fraction of sp³-hybridized carbons (Fsp3) is 0.280. The first-order valence-corrected chi connectivity index (χ1v) is 10.8. The van der Waals surface area contributed by atoms with E-state index in [1.165, 1.54) is 37.6 Å². The van der Waals surface area contributed by atoms with Crippen LogP contribution in [0.3, 0.4) is 0 Å². The topological polar surface area (TPSA) is 84.4 Å². The van der Waals surface area contributed by atoms with Gasteiger partial charge in [0.2, 0.25) is 0 Å². The van der Waals surface area contributed by atoms with Gasteiger partial charge in [0.1, 0.15) is 11.6 Å². The van der Waals surface area contributed by atoms with Crippen LogP contribution in [0.4, 0.5) is 10.1 Å². The van der Waals surface area contributed by atoms with Crippen LogP contribution in [0.2, 0.25) is 0 Å². The number of benzene rings is 2. The molecule has 1 N–H and O–H groups in total. The molecule has 0 saturated carbocycles. The third-order valence-electron chi connectivity index (χ3n) is 5.75. The number of rotatable bonds is 5. The van der Waals surface area contributed by atoms with Crippen molar-refractivity contribution in [3.8, 4) is 5.75 Å². The minimum atomic E-state index is -0.386. The number of para-hydroxylation sites is 2. The van der Waals surface area contributed by atoms with Crippen molar-refractivity contribution in [1.29, 1.82) is 0 Å². The van der Waals surface area contributed by atoms with Crippen LogP contribution in [0.5, 0.6) is 5.75 Å². The van der Waals surface area contributed by atoms with Crippen molar-refractivity contribution in [3.63, 3.8) is 0 Å². The lowest BCUT2D eigenvalue weighted by molar-refractivity contribution is 0.0599. The van der Waals surface area contributed by atoms with Gasteiger partial charge in [0, 0.05) is 18.3 Å². The number of halogens is 1. The summed E-state index contributed by atoms with van der Waals surface area (Å²) in [5.41, 5.74) is 1.84. The number of aryl methyl sites for hydroxylation is 1. The number of aromatic nitrogens is 2. The summed E-state index contributed by atoms with van der Waals surface area (Å²) in [6, 6.07) is 12.4. The molecule has 0 aliphatic carbocycles. The van der Waals surface area contributed by atoms with Crippen molar-refractivity contribution in [2.24, 2.45) is 0 Å². The summed E-state index contributed by atoms with van der Waals surface area (Å²) in [5.74, 6) is 0.141. The van der Waals surface area contributed by atoms with Gasteiger partial charge in [0.25, 0.3) is 11.8 Å². The molecule has 8 heteroatoms. The molecule has 1 aliphatic rings. The zero-order valence-corrected chi connectivity index (χ0v) is 18.5. The first kappa shape index (κ1) is 22.4. The summed E-state index contributed by atoms with van der Waals surface area (Å²) >= 11 is 0. The lowest BCUT2D eigenvalue weighted by Gasteiger charge is -2.35. The van der Waals surface area contributed by atoms with Crippen molar-refractivity contribution in [1.82, 2.24) is 14.9 Å². The predicted octanol–water partition coefficient (Wildman–Crippen LogP) is 4.55. The highest BCUT2D eigenvalue weighted by Crippen LogP contribution is 2.31. The van der Waals surface area contributed by atoms with Crippen LogP contribution >= 0.6 is 0 Å². The summed E-state index contributed by atoms with van der Waals surface area (Å²) in [6.45, 7) is 2.32. The molecule has 4 rings (SSSR count). The highest BCUT2D eigenvalue weighted by Gasteiger charge is 2.31. The molecule has 1 saturated heterocycles. The molecule has 0 spiro atoms. The molecule has 0 bridgehead atoms. The molecule has 0 radical (unpaired) electrons. The lowest BCUT2D eigenvalue weighted by atomic mass is 9.99. The van der Waals surface area contributed by atoms with Crippen molar-refractivity contribution in [2.75, 3.05) is 19.0 Å². The maximum Gasteiger partial charge on any atom is 0.259 e. The van der Waals surface area contributed by atoms with Crippen LogP contribution in [-0.4, -0.2) is 40.3 Å². The second-order valence-corrected chi connectivity index (χ2v) is 7.90. The number of methoxy groups -OCH3 is 1. The van der Waals surface area contributed by atoms with Crippen LogP contribution in [0.1, 0.15) is 57.5 Å². The molecule has 170 valence electrons. The first-order valence-electron chi connectivity index (χ1n) is 10.8. The van der Waals surface area contributed by atoms with Gasteiger partial charge in [-0.3, -0.25) is 9.59 Å². The Kier molecular flexibility index (Phi) is 6.63. The Morgan fingerprint density at radius 1 is 1.12 bits per heavy atom. The SMILES string of the molecule is COc1ccccc1NC(=O)c1cnc([C@@H]2CCCCN2C(=O)c2ccc(F)cc2)nc1C. The fourth-order valence-corrected chi connectivity index (χ4v) is 4.01. The fourth-order valence-electron chi connectivity index (χ4n) is 4.01. The third kappa shape index (κ3) is 4.84. The molecule has 2 aromatic carbocycles. The number of anilines is 1. The zero-order chi connectivity index (χ0) is 23.4. The molecule has 0 unspecified atom stereocenters. The van der Waals surface area contributed by atoms with Gasteiger partial charge < -0.3 is 15.0 Å². The number of hydrogen-bond donors (Lipinski definition) is 1. The maximum atomic E-state index is 13.3. The molecule has 1 aromatic heterocycles. The van der Waals surface area contributed by atoms with Crippen LogP contribution in [0.15, 0.2) is 54.7 Å². The van der Waals surface area contributed by atoms with E-state index in [0.29, 0.717) is 40.6 Å². The Morgan fingerprint density at radius 2 is 1.88 bits per heavy atom. The van der Waals surface area contributed by atoms with Gasteiger partial charge in [-0.25, -0.2) is 14.4 Å². The zero-order valence-electron chi connectivity index (χ0n) is 18.5. The summed E-state index contributed by atoms with van der Waals surface area (Å²) in [4.78, 5) is 36.7. The second kappa shape index (κ2) is 9.77. The van der Waals surface area contributed by atoms with Crippen molar-refractivity contribution >= 4 is 17.5 Å². The molecule has 2 heterocycles. The number of carbonyl (C=O) groups excluding carboxylic acids is 2. The van der Waals surface area contributed by atoms with Gasteiger partial charge in [0.15, 0.2) is 5.82 Å². The van der Waals surface area contributed by atoms with E-state index in [4.69, 9.17) is 4.74 Å². The Morgan fingerprint density at radius 3 is 2.61 bits per heavy atom. The Balaban J connectivity index is 1.56. The van der Waals surface area contributed by atoms with Gasteiger partial charge in [-0.2, -0.15) is 0 Å². The largest absolute Gasteiger partial charge is 0.495 e. The molecule has 3 aromatic rings. The highest BCUT2D eigenvalue weighted by molar-refractivity contribution is 6.05. The molecule has 2 amide bonds. The number of nitrogens with zero attached hydrogens (tertiary/aromatic N) is 3. The van der Waals surface area contributed by atoms with E-state index in [9.17, 15) is 14.0 Å². The van der Waals surface area contributed by atoms with E-state index in [-0.39, 0.29) is 23.7 Å². The van der Waals surface area contributed by atoms with Crippen LogP contribution < -0.4 is 10.1 Å². The third-order valence-corrected chi connectivity index (χ3v) is 5.75. The van der Waals surface area contributed by atoms with Crippen molar-refractivity contribution < 1.29 is 18.7 Å². The number of nitrogens with one attached hydrogen (secondary N) is 1. The first-order chi connectivity index (χ1) is 16.0. The summed E-state index contributed by atoms with van der Waals surface area (Å²) in [5, 5.41) is 2.83. The predicted molar refractivity (Wildman–Crippen MR) is 122 cm³/mol. The Bertz CT molecular complexity index is 1170. The van der Waals surface area contributed by atoms with E-state index in [2.05, 4.69) is 15.3 Å². The Hall–Kier alpha value is -3.81. The van der Waals surface area contributed by atoms with Crippen LogP contribution in [-0.2, 0) is 0 Å². The van der Waals surface area contributed by atoms with Gasteiger partial charge >= 0.3 is 0 Å². The van der Waals surface area contributed by atoms with Gasteiger partial charge in [-0.05, 0) is 62.6 Å². The average Bonchev–Trinajstić information content (AvgIpc) is 2.84. The molecular weight excluding hydrogens is 423 g/mol. The number of amides is 2. The van der Waals surface area contributed by atoms with E-state index < -0.39 is 0 Å². The molecule has 33 heavy (non-hydrogen) atoms. The van der Waals surface area contributed by atoms with Gasteiger partial charge in [-0.1, -0.05) is 12.1 Å². The standard InChI is InChI=1S/C25H25FN4O3/c1-16-19(24(31)29-20-7-3-4-9-22(20)33-2)15-27-23(28-16)21-8-5-6-14-30(21)25(32)17-10-12-18(26)13-11-17/h3-4,7,9-13,15,21H,5-6,8,14H2,1-2H3,(H,29,31)/t21-/m0/s1. The second-order valence-electron chi connectivity index (χ2n) is 7.90. The number of carbonyl (C=O) groups is 2. The van der Waals surface area contributed by atoms with E-state index in [1.807, 2.05) is 6.07 Å². The van der Waals surface area contributed by atoms with E-state index in [1.54, 1.807) is 30.0 Å². The van der Waals surface area contributed by atoms with Crippen molar-refractivity contribution in [2.45, 2.75) is 32.2 Å². The minimum Gasteiger partial charge on any atom is -0.495 e. The normalized spacial score (nSPS) is 15.7. The van der Waals surface area contributed by atoms with Crippen molar-refractivity contribution in [3.05, 3.63) is 83.2 Å². The number of ether oxygens (including phenoxy) is 1. The van der Waals surface area contributed by atoms with Gasteiger partial charge in [-0.15, -0.1) is 0 Å². The summed E-state index contributed by atoms with van der Waals surface area (Å²) in [6.07, 6.45) is 4.04. The maximum absolute atomic E-state index is 13.3. The lowest BCUT2D eigenvalue weighted by Crippen LogP contribution is -2.39. The quantitative estimate of drug-likeness (QED) is 0.619. The smallest absolute Gasteiger partial charge is 0.259 e. The average molecular weight is 448 g/mol. The minimum absolute atomic E-state index is 0.182. The molecular formula is C25H25FN4O3. The monoisotopic (exact) mass is 448 g/mol. The number of hydrogen-bond acceptors (Lipinski definition) is 5. The van der Waals surface area contributed by atoms with Crippen LogP contribution in [0, 0.1) is 12.7 Å². The molecule has 7 nitrogen and oxygen atoms in total. The van der Waals surface area contributed by atoms with Crippen LogP contribution in [0.25, 0.3) is 0 Å². The van der Waals surface area contributed by atoms with E-state index in [0.717, 1.165) is 19.3 Å².